The summed E-state index contributed by atoms with van der Waals surface area (Å²) >= 11 is 0. The van der Waals surface area contributed by atoms with Gasteiger partial charge in [0.25, 0.3) is 0 Å². The molecule has 0 bridgehead atoms. The number of carbonyl (C=O) groups excluding carboxylic acids is 1. The molecule has 0 aliphatic heterocycles. The quantitative estimate of drug-likeness (QED) is 0.417. The van der Waals surface area contributed by atoms with E-state index in [1.165, 1.54) is 83.5 Å². The van der Waals surface area contributed by atoms with Gasteiger partial charge in [0.2, 0.25) is 0 Å². The standard InChI is InChI=1S/C31H52O/c1-21(2)7-6-8-22(3)26-11-12-27-25-10-9-23-19-31(16-13-24(32)20-31)18-17-29(23,4)28(25)14-15-30(26,27)5/h21-23,25-28H,6-20H2,1-5H3/t22-,23+,25+,26-,27+,28+,29+,30-,31+/m1/s1. The van der Waals surface area contributed by atoms with Crippen molar-refractivity contribution in [2.45, 2.75) is 131 Å². The number of ketones is 1. The molecular weight excluding hydrogens is 388 g/mol. The van der Waals surface area contributed by atoms with Crippen LogP contribution >= 0.6 is 0 Å². The van der Waals surface area contributed by atoms with Gasteiger partial charge >= 0.3 is 0 Å². The van der Waals surface area contributed by atoms with Gasteiger partial charge < -0.3 is 0 Å². The second kappa shape index (κ2) is 8.41. The zero-order valence-corrected chi connectivity index (χ0v) is 22.1. The highest BCUT2D eigenvalue weighted by Crippen LogP contribution is 2.70. The fourth-order valence-electron chi connectivity index (χ4n) is 10.8. The number of carbonyl (C=O) groups is 1. The van der Waals surface area contributed by atoms with Crippen LogP contribution in [0.4, 0.5) is 0 Å². The molecule has 5 fully saturated rings. The highest BCUT2D eigenvalue weighted by molar-refractivity contribution is 5.81. The minimum Gasteiger partial charge on any atom is -0.300 e. The summed E-state index contributed by atoms with van der Waals surface area (Å²) in [6.45, 7) is 12.8. The van der Waals surface area contributed by atoms with Crippen LogP contribution in [0.3, 0.4) is 0 Å². The van der Waals surface area contributed by atoms with E-state index in [4.69, 9.17) is 0 Å². The average Bonchev–Trinajstić information content (AvgIpc) is 3.28. The molecule has 0 unspecified atom stereocenters. The van der Waals surface area contributed by atoms with Crippen LogP contribution < -0.4 is 0 Å². The lowest BCUT2D eigenvalue weighted by Crippen LogP contribution is -2.54. The van der Waals surface area contributed by atoms with Crippen LogP contribution in [-0.4, -0.2) is 5.78 Å². The molecule has 0 radical (unpaired) electrons. The second-order valence-electron chi connectivity index (χ2n) is 14.6. The summed E-state index contributed by atoms with van der Waals surface area (Å²) in [4.78, 5) is 12.1. The fourth-order valence-corrected chi connectivity index (χ4v) is 10.8. The molecule has 0 N–H and O–H groups in total. The molecule has 0 saturated heterocycles. The van der Waals surface area contributed by atoms with E-state index in [2.05, 4.69) is 34.6 Å². The first-order chi connectivity index (χ1) is 15.2. The van der Waals surface area contributed by atoms with Gasteiger partial charge in [-0.1, -0.05) is 53.9 Å². The van der Waals surface area contributed by atoms with Crippen molar-refractivity contribution in [1.29, 1.82) is 0 Å². The highest BCUT2D eigenvalue weighted by atomic mass is 16.1. The maximum Gasteiger partial charge on any atom is 0.133 e. The molecular formula is C31H52O. The summed E-state index contributed by atoms with van der Waals surface area (Å²) in [5, 5.41) is 0. The van der Waals surface area contributed by atoms with E-state index >= 15 is 0 Å². The van der Waals surface area contributed by atoms with E-state index in [0.29, 0.717) is 22.0 Å². The van der Waals surface area contributed by atoms with E-state index in [1.54, 1.807) is 0 Å². The Morgan fingerprint density at radius 3 is 2.34 bits per heavy atom. The smallest absolute Gasteiger partial charge is 0.133 e. The van der Waals surface area contributed by atoms with Crippen molar-refractivity contribution in [1.82, 2.24) is 0 Å². The fraction of sp³-hybridized carbons (Fsp3) is 0.968. The molecule has 5 aliphatic rings. The second-order valence-corrected chi connectivity index (χ2v) is 14.6. The van der Waals surface area contributed by atoms with Crippen LogP contribution in [-0.2, 0) is 4.79 Å². The first-order valence-electron chi connectivity index (χ1n) is 14.7. The monoisotopic (exact) mass is 440 g/mol. The van der Waals surface area contributed by atoms with Crippen LogP contribution in [0.2, 0.25) is 0 Å². The minimum atomic E-state index is 0.418. The van der Waals surface area contributed by atoms with Crippen molar-refractivity contribution in [3.8, 4) is 0 Å². The lowest BCUT2D eigenvalue weighted by molar-refractivity contribution is -0.135. The SMILES string of the molecule is CC(C)CCC[C@@H](C)[C@H]1CC[C@H]2[C@@H]3CC[C@H]4C[C@]5(CCC(=O)C5)CC[C@]4(C)[C@H]3CC[C@]12C. The van der Waals surface area contributed by atoms with Gasteiger partial charge in [-0.15, -0.1) is 0 Å². The van der Waals surface area contributed by atoms with Gasteiger partial charge in [-0.2, -0.15) is 0 Å². The van der Waals surface area contributed by atoms with Crippen LogP contribution in [0, 0.1) is 57.7 Å². The van der Waals surface area contributed by atoms with Gasteiger partial charge in [0.1, 0.15) is 5.78 Å². The minimum absolute atomic E-state index is 0.418. The molecule has 1 heteroatoms. The van der Waals surface area contributed by atoms with Crippen molar-refractivity contribution >= 4 is 5.78 Å². The van der Waals surface area contributed by atoms with E-state index < -0.39 is 0 Å². The van der Waals surface area contributed by atoms with Crippen LogP contribution in [0.5, 0.6) is 0 Å². The summed E-state index contributed by atoms with van der Waals surface area (Å²) in [5.41, 5.74) is 1.61. The maximum atomic E-state index is 12.1. The number of hydrogen-bond acceptors (Lipinski definition) is 1. The Kier molecular flexibility index (Phi) is 6.15. The molecule has 9 atom stereocenters. The van der Waals surface area contributed by atoms with Crippen LogP contribution in [0.1, 0.15) is 131 Å². The van der Waals surface area contributed by atoms with Crippen molar-refractivity contribution in [2.24, 2.45) is 57.7 Å². The predicted molar refractivity (Wildman–Crippen MR) is 134 cm³/mol. The number of Topliss-reactive ketones (excluding diaryl/α,β-unsaturated/α-hetero) is 1. The van der Waals surface area contributed by atoms with Crippen LogP contribution in [0.15, 0.2) is 0 Å². The topological polar surface area (TPSA) is 17.1 Å². The molecule has 5 rings (SSSR count). The van der Waals surface area contributed by atoms with Crippen molar-refractivity contribution in [3.63, 3.8) is 0 Å². The van der Waals surface area contributed by atoms with Gasteiger partial charge in [-0.25, -0.2) is 0 Å². The Morgan fingerprint density at radius 1 is 0.844 bits per heavy atom. The van der Waals surface area contributed by atoms with Gasteiger partial charge in [-0.05, 0) is 122 Å². The van der Waals surface area contributed by atoms with E-state index in [9.17, 15) is 4.79 Å². The molecule has 0 heterocycles. The predicted octanol–water partition coefficient (Wildman–Crippen LogP) is 8.85. The molecule has 1 spiro atoms. The van der Waals surface area contributed by atoms with Gasteiger partial charge in [0, 0.05) is 12.8 Å². The molecule has 0 aromatic rings. The summed E-state index contributed by atoms with van der Waals surface area (Å²) in [7, 11) is 0. The normalized spacial score (nSPS) is 49.2. The Labute approximate surface area is 199 Å². The molecule has 5 saturated carbocycles. The molecule has 32 heavy (non-hydrogen) atoms. The molecule has 0 amide bonds. The zero-order chi connectivity index (χ0) is 22.7. The Morgan fingerprint density at radius 2 is 1.62 bits per heavy atom. The first-order valence-corrected chi connectivity index (χ1v) is 14.7. The lowest BCUT2D eigenvalue weighted by Gasteiger charge is -2.62. The van der Waals surface area contributed by atoms with Gasteiger partial charge in [0.15, 0.2) is 0 Å². The van der Waals surface area contributed by atoms with Crippen molar-refractivity contribution < 1.29 is 4.79 Å². The maximum absolute atomic E-state index is 12.1. The number of hydrogen-bond donors (Lipinski definition) is 0. The molecule has 0 aromatic carbocycles. The number of rotatable bonds is 5. The lowest BCUT2D eigenvalue weighted by atomic mass is 9.42. The first kappa shape index (κ1) is 23.4. The Hall–Kier alpha value is -0.330. The largest absolute Gasteiger partial charge is 0.300 e. The van der Waals surface area contributed by atoms with Crippen LogP contribution in [0.25, 0.3) is 0 Å². The summed E-state index contributed by atoms with van der Waals surface area (Å²) in [6.07, 6.45) is 20.5. The highest BCUT2D eigenvalue weighted by Gasteiger charge is 2.62. The molecule has 5 aliphatic carbocycles. The molecule has 1 nitrogen and oxygen atoms in total. The number of fused-ring (bicyclic) bond motifs is 5. The zero-order valence-electron chi connectivity index (χ0n) is 22.1. The Balaban J connectivity index is 1.28. The van der Waals surface area contributed by atoms with Gasteiger partial charge in [-0.3, -0.25) is 4.79 Å². The third-order valence-electron chi connectivity index (χ3n) is 12.6. The molecule has 182 valence electrons. The Bertz CT molecular complexity index is 709. The van der Waals surface area contributed by atoms with Crippen molar-refractivity contribution in [3.05, 3.63) is 0 Å². The van der Waals surface area contributed by atoms with Crippen molar-refractivity contribution in [2.75, 3.05) is 0 Å². The van der Waals surface area contributed by atoms with E-state index in [-0.39, 0.29) is 0 Å². The summed E-state index contributed by atoms with van der Waals surface area (Å²) in [6, 6.07) is 0. The third-order valence-corrected chi connectivity index (χ3v) is 12.6. The third kappa shape index (κ3) is 3.75. The summed E-state index contributed by atoms with van der Waals surface area (Å²) < 4.78 is 0. The van der Waals surface area contributed by atoms with E-state index in [0.717, 1.165) is 54.3 Å². The average molecular weight is 441 g/mol. The molecule has 0 aromatic heterocycles. The van der Waals surface area contributed by atoms with Gasteiger partial charge in [0.05, 0.1) is 0 Å². The summed E-state index contributed by atoms with van der Waals surface area (Å²) in [5.74, 6) is 7.20. The van der Waals surface area contributed by atoms with E-state index in [1.807, 2.05) is 0 Å².